The van der Waals surface area contributed by atoms with Crippen LogP contribution in [0.25, 0.3) is 0 Å². The molecule has 2 rings (SSSR count). The number of aromatic amines is 1. The molecule has 1 amide bonds. The number of likely N-dealkylation sites (N-methyl/N-ethyl adjacent to an activating group) is 1. The van der Waals surface area contributed by atoms with E-state index in [-0.39, 0.29) is 23.7 Å². The summed E-state index contributed by atoms with van der Waals surface area (Å²) in [7, 11) is 1.59. The number of carbonyl (C=O) groups is 2. The monoisotopic (exact) mass is 369 g/mol. The molecule has 0 fully saturated rings. The van der Waals surface area contributed by atoms with Gasteiger partial charge in [0.15, 0.2) is 5.78 Å². The van der Waals surface area contributed by atoms with Gasteiger partial charge in [0.05, 0.1) is 11.1 Å². The summed E-state index contributed by atoms with van der Waals surface area (Å²) in [5.41, 5.74) is 6.50. The highest BCUT2D eigenvalue weighted by atomic mass is 35.5. The standard InChI is InChI=1S/C11H7Cl2NO.C6H14N2O/c12-8-1-2-9(10(13)5-8)11(15)7-3-4-14-6-7;1-4(2)5(7)6(9)8-3/h1-6,14H;4-5H,7H2,1-3H3,(H,8,9). The minimum absolute atomic E-state index is 0.0926. The molecule has 0 spiro atoms. The molecule has 0 aliphatic rings. The van der Waals surface area contributed by atoms with Gasteiger partial charge in [-0.2, -0.15) is 0 Å². The summed E-state index contributed by atoms with van der Waals surface area (Å²) in [6, 6.07) is 6.17. The van der Waals surface area contributed by atoms with E-state index < -0.39 is 0 Å². The van der Waals surface area contributed by atoms with Gasteiger partial charge in [0, 0.05) is 35.6 Å². The normalized spacial score (nSPS) is 11.5. The van der Waals surface area contributed by atoms with E-state index in [1.165, 1.54) is 0 Å². The molecule has 0 aliphatic carbocycles. The predicted molar refractivity (Wildman–Crippen MR) is 97.6 cm³/mol. The minimum Gasteiger partial charge on any atom is -0.367 e. The Balaban J connectivity index is 0.000000277. The van der Waals surface area contributed by atoms with Gasteiger partial charge in [-0.25, -0.2) is 0 Å². The van der Waals surface area contributed by atoms with Crippen molar-refractivity contribution in [2.24, 2.45) is 11.7 Å². The molecule has 1 aromatic heterocycles. The van der Waals surface area contributed by atoms with Crippen LogP contribution in [0.1, 0.15) is 29.8 Å². The molecule has 0 bridgehead atoms. The van der Waals surface area contributed by atoms with Crippen LogP contribution < -0.4 is 11.1 Å². The number of amides is 1. The number of ketones is 1. The van der Waals surface area contributed by atoms with Gasteiger partial charge in [0.25, 0.3) is 0 Å². The van der Waals surface area contributed by atoms with E-state index in [2.05, 4.69) is 10.3 Å². The Morgan fingerprint density at radius 2 is 1.88 bits per heavy atom. The molecule has 5 nitrogen and oxygen atoms in total. The maximum atomic E-state index is 11.9. The number of hydrogen-bond acceptors (Lipinski definition) is 3. The maximum absolute atomic E-state index is 11.9. The van der Waals surface area contributed by atoms with Crippen molar-refractivity contribution in [1.82, 2.24) is 10.3 Å². The number of benzene rings is 1. The molecule has 1 heterocycles. The fourth-order valence-corrected chi connectivity index (χ4v) is 2.26. The molecule has 0 saturated carbocycles. The zero-order valence-electron chi connectivity index (χ0n) is 13.8. The second-order valence-corrected chi connectivity index (χ2v) is 6.28. The lowest BCUT2D eigenvalue weighted by atomic mass is 10.1. The molecule has 4 N–H and O–H groups in total. The number of hydrogen-bond donors (Lipinski definition) is 3. The Bertz CT molecular complexity index is 685. The molecule has 0 saturated heterocycles. The summed E-state index contributed by atoms with van der Waals surface area (Å²) in [4.78, 5) is 25.4. The number of carbonyl (C=O) groups excluding carboxylic acids is 2. The quantitative estimate of drug-likeness (QED) is 0.722. The summed E-state index contributed by atoms with van der Waals surface area (Å²) in [6.07, 6.45) is 3.32. The molecule has 2 aromatic rings. The van der Waals surface area contributed by atoms with Crippen molar-refractivity contribution in [1.29, 1.82) is 0 Å². The summed E-state index contributed by atoms with van der Waals surface area (Å²) < 4.78 is 0. The van der Waals surface area contributed by atoms with E-state index >= 15 is 0 Å². The van der Waals surface area contributed by atoms with Crippen molar-refractivity contribution in [2.75, 3.05) is 7.05 Å². The highest BCUT2D eigenvalue weighted by Crippen LogP contribution is 2.23. The lowest BCUT2D eigenvalue weighted by Gasteiger charge is -2.12. The first-order valence-electron chi connectivity index (χ1n) is 7.37. The van der Waals surface area contributed by atoms with Crippen LogP contribution >= 0.6 is 23.2 Å². The van der Waals surface area contributed by atoms with E-state index in [9.17, 15) is 9.59 Å². The smallest absolute Gasteiger partial charge is 0.236 e. The fraction of sp³-hybridized carbons (Fsp3) is 0.294. The highest BCUT2D eigenvalue weighted by molar-refractivity contribution is 6.37. The van der Waals surface area contributed by atoms with E-state index in [1.54, 1.807) is 43.7 Å². The fourth-order valence-electron chi connectivity index (χ4n) is 1.76. The molecular formula is C17H21Cl2N3O2. The van der Waals surface area contributed by atoms with Crippen LogP contribution in [0.2, 0.25) is 10.0 Å². The summed E-state index contributed by atoms with van der Waals surface area (Å²) >= 11 is 11.7. The first-order chi connectivity index (χ1) is 11.3. The van der Waals surface area contributed by atoms with Crippen molar-refractivity contribution in [2.45, 2.75) is 19.9 Å². The third-order valence-electron chi connectivity index (χ3n) is 3.30. The van der Waals surface area contributed by atoms with Crippen LogP contribution in [-0.2, 0) is 4.79 Å². The average Bonchev–Trinajstić information content (AvgIpc) is 3.07. The Labute approximate surface area is 151 Å². The van der Waals surface area contributed by atoms with Crippen LogP contribution in [0, 0.1) is 5.92 Å². The molecule has 130 valence electrons. The number of nitrogens with two attached hydrogens (primary N) is 1. The van der Waals surface area contributed by atoms with Gasteiger partial charge >= 0.3 is 0 Å². The van der Waals surface area contributed by atoms with Crippen LogP contribution in [0.4, 0.5) is 0 Å². The molecule has 1 unspecified atom stereocenters. The SMILES string of the molecule is CNC(=O)C(N)C(C)C.O=C(c1cc[nH]c1)c1ccc(Cl)cc1Cl. The van der Waals surface area contributed by atoms with Gasteiger partial charge in [0.1, 0.15) is 0 Å². The Morgan fingerprint density at radius 1 is 1.21 bits per heavy atom. The first kappa shape index (κ1) is 20.2. The van der Waals surface area contributed by atoms with Crippen molar-refractivity contribution in [3.8, 4) is 0 Å². The molecule has 0 radical (unpaired) electrons. The van der Waals surface area contributed by atoms with E-state index in [1.807, 2.05) is 13.8 Å². The third-order valence-corrected chi connectivity index (χ3v) is 3.85. The maximum Gasteiger partial charge on any atom is 0.236 e. The molecule has 7 heteroatoms. The summed E-state index contributed by atoms with van der Waals surface area (Å²) in [6.45, 7) is 3.83. The third kappa shape index (κ3) is 5.67. The number of aromatic nitrogens is 1. The van der Waals surface area contributed by atoms with Crippen molar-refractivity contribution < 1.29 is 9.59 Å². The molecule has 0 aliphatic heterocycles. The van der Waals surface area contributed by atoms with E-state index in [4.69, 9.17) is 28.9 Å². The Hall–Kier alpha value is -1.82. The summed E-state index contributed by atoms with van der Waals surface area (Å²) in [5, 5.41) is 3.37. The van der Waals surface area contributed by atoms with Gasteiger partial charge < -0.3 is 16.0 Å². The molecule has 24 heavy (non-hydrogen) atoms. The van der Waals surface area contributed by atoms with Gasteiger partial charge in [-0.1, -0.05) is 37.0 Å². The van der Waals surface area contributed by atoms with Crippen molar-refractivity contribution in [3.63, 3.8) is 0 Å². The summed E-state index contributed by atoms with van der Waals surface area (Å²) in [5.74, 6) is 0.00728. The molecule has 1 aromatic carbocycles. The number of nitrogens with one attached hydrogen (secondary N) is 2. The predicted octanol–water partition coefficient (Wildman–Crippen LogP) is 3.27. The lowest BCUT2D eigenvalue weighted by molar-refractivity contribution is -0.122. The number of rotatable bonds is 4. The largest absolute Gasteiger partial charge is 0.367 e. The van der Waals surface area contributed by atoms with Crippen molar-refractivity contribution >= 4 is 34.9 Å². The van der Waals surface area contributed by atoms with Crippen LogP contribution in [0.3, 0.4) is 0 Å². The molecule has 1 atom stereocenters. The molecular weight excluding hydrogens is 349 g/mol. The Morgan fingerprint density at radius 3 is 2.29 bits per heavy atom. The zero-order valence-corrected chi connectivity index (χ0v) is 15.3. The van der Waals surface area contributed by atoms with Crippen LogP contribution in [0.15, 0.2) is 36.7 Å². The van der Waals surface area contributed by atoms with Gasteiger partial charge in [-0.05, 0) is 30.2 Å². The van der Waals surface area contributed by atoms with Crippen LogP contribution in [0.5, 0.6) is 0 Å². The van der Waals surface area contributed by atoms with Crippen LogP contribution in [-0.4, -0.2) is 29.8 Å². The minimum atomic E-state index is -0.366. The van der Waals surface area contributed by atoms with Gasteiger partial charge in [0.2, 0.25) is 5.91 Å². The van der Waals surface area contributed by atoms with Gasteiger partial charge in [-0.3, -0.25) is 9.59 Å². The zero-order chi connectivity index (χ0) is 18.3. The lowest BCUT2D eigenvalue weighted by Crippen LogP contribution is -2.42. The second-order valence-electron chi connectivity index (χ2n) is 5.44. The van der Waals surface area contributed by atoms with E-state index in [0.717, 1.165) is 0 Å². The number of H-pyrrole nitrogens is 1. The Kier molecular flexibility index (Phi) is 7.98. The topological polar surface area (TPSA) is 88.0 Å². The highest BCUT2D eigenvalue weighted by Gasteiger charge is 2.14. The van der Waals surface area contributed by atoms with Gasteiger partial charge in [-0.15, -0.1) is 0 Å². The second kappa shape index (κ2) is 9.47. The first-order valence-corrected chi connectivity index (χ1v) is 8.13. The number of halogens is 2. The van der Waals surface area contributed by atoms with Crippen molar-refractivity contribution in [3.05, 3.63) is 57.8 Å². The van der Waals surface area contributed by atoms with E-state index in [0.29, 0.717) is 21.2 Å². The average molecular weight is 370 g/mol.